The van der Waals surface area contributed by atoms with Crippen molar-refractivity contribution >= 4 is 11.6 Å². The van der Waals surface area contributed by atoms with Crippen LogP contribution in [0.2, 0.25) is 5.02 Å². The first kappa shape index (κ1) is 15.7. The lowest BCUT2D eigenvalue weighted by atomic mass is 9.99. The molecule has 0 aliphatic rings. The van der Waals surface area contributed by atoms with Crippen molar-refractivity contribution < 1.29 is 13.5 Å². The number of para-hydroxylation sites is 1. The van der Waals surface area contributed by atoms with Crippen molar-refractivity contribution in [2.45, 2.75) is 19.1 Å². The molecule has 1 aromatic heterocycles. The highest BCUT2D eigenvalue weighted by atomic mass is 35.5. The highest BCUT2D eigenvalue weighted by molar-refractivity contribution is 6.31. The monoisotopic (exact) mass is 312 g/mol. The molecule has 0 aliphatic heterocycles. The fourth-order valence-electron chi connectivity index (χ4n) is 2.13. The lowest BCUT2D eigenvalue weighted by Crippen LogP contribution is -2.20. The molecule has 21 heavy (non-hydrogen) atoms. The number of ether oxygens (including phenoxy) is 1. The molecule has 1 N–H and O–H groups in total. The summed E-state index contributed by atoms with van der Waals surface area (Å²) >= 11 is 6.10. The van der Waals surface area contributed by atoms with Gasteiger partial charge < -0.3 is 10.1 Å². The van der Waals surface area contributed by atoms with Gasteiger partial charge in [0.05, 0.1) is 5.02 Å². The summed E-state index contributed by atoms with van der Waals surface area (Å²) in [5.41, 5.74) is 1.55. The molecule has 0 fully saturated rings. The van der Waals surface area contributed by atoms with Gasteiger partial charge in [0, 0.05) is 24.0 Å². The minimum absolute atomic E-state index is 0.164. The number of nitrogens with one attached hydrogen (secondary N) is 1. The number of nitrogens with zero attached hydrogens (tertiary/aromatic N) is 1. The molecule has 0 radical (unpaired) electrons. The molecule has 6 heteroatoms. The molecule has 3 nitrogen and oxygen atoms in total. The zero-order valence-corrected chi connectivity index (χ0v) is 12.1. The zero-order chi connectivity index (χ0) is 15.2. The molecular weight excluding hydrogens is 298 g/mol. The molecule has 2 rings (SSSR count). The van der Waals surface area contributed by atoms with E-state index in [1.807, 2.05) is 6.07 Å². The molecule has 112 valence electrons. The predicted molar refractivity (Wildman–Crippen MR) is 77.8 cm³/mol. The van der Waals surface area contributed by atoms with Crippen LogP contribution < -0.4 is 10.1 Å². The minimum Gasteiger partial charge on any atom is -0.434 e. The quantitative estimate of drug-likeness (QED) is 0.880. The van der Waals surface area contributed by atoms with Crippen LogP contribution >= 0.6 is 11.6 Å². The SMILES string of the molecule is CNC(Cc1ccncc1Cl)c1ccccc1OC(F)F. The summed E-state index contributed by atoms with van der Waals surface area (Å²) in [5.74, 6) is 0.164. The second-order valence-corrected chi connectivity index (χ2v) is 4.84. The Morgan fingerprint density at radius 3 is 2.71 bits per heavy atom. The molecule has 0 bridgehead atoms. The van der Waals surface area contributed by atoms with Crippen LogP contribution in [-0.4, -0.2) is 18.6 Å². The minimum atomic E-state index is -2.85. The summed E-state index contributed by atoms with van der Waals surface area (Å²) in [6, 6.07) is 8.34. The van der Waals surface area contributed by atoms with Gasteiger partial charge in [-0.2, -0.15) is 8.78 Å². The summed E-state index contributed by atoms with van der Waals surface area (Å²) < 4.78 is 29.6. The van der Waals surface area contributed by atoms with Crippen molar-refractivity contribution in [1.29, 1.82) is 0 Å². The number of pyridine rings is 1. The van der Waals surface area contributed by atoms with Gasteiger partial charge in [0.15, 0.2) is 0 Å². The summed E-state index contributed by atoms with van der Waals surface area (Å²) in [4.78, 5) is 3.93. The first-order valence-electron chi connectivity index (χ1n) is 6.41. The maximum atomic E-state index is 12.5. The number of hydrogen-bond acceptors (Lipinski definition) is 3. The third kappa shape index (κ3) is 4.12. The van der Waals surface area contributed by atoms with E-state index in [0.29, 0.717) is 17.0 Å². The largest absolute Gasteiger partial charge is 0.434 e. The molecule has 2 aromatic rings. The third-order valence-electron chi connectivity index (χ3n) is 3.14. The van der Waals surface area contributed by atoms with E-state index in [1.165, 1.54) is 6.07 Å². The van der Waals surface area contributed by atoms with Gasteiger partial charge in [0.25, 0.3) is 0 Å². The first-order valence-corrected chi connectivity index (χ1v) is 6.79. The van der Waals surface area contributed by atoms with Gasteiger partial charge >= 0.3 is 6.61 Å². The van der Waals surface area contributed by atoms with Gasteiger partial charge in [-0.25, -0.2) is 0 Å². The van der Waals surface area contributed by atoms with Crippen LogP contribution in [0.4, 0.5) is 8.78 Å². The van der Waals surface area contributed by atoms with Gasteiger partial charge in [-0.1, -0.05) is 29.8 Å². The smallest absolute Gasteiger partial charge is 0.387 e. The van der Waals surface area contributed by atoms with E-state index < -0.39 is 6.61 Å². The Morgan fingerprint density at radius 1 is 1.29 bits per heavy atom. The van der Waals surface area contributed by atoms with Crippen molar-refractivity contribution in [3.63, 3.8) is 0 Å². The van der Waals surface area contributed by atoms with Crippen LogP contribution in [-0.2, 0) is 6.42 Å². The number of halogens is 3. The van der Waals surface area contributed by atoms with Crippen molar-refractivity contribution in [3.05, 3.63) is 58.9 Å². The van der Waals surface area contributed by atoms with E-state index in [2.05, 4.69) is 15.0 Å². The Labute approximate surface area is 126 Å². The predicted octanol–water partition coefficient (Wildman–Crippen LogP) is 3.84. The van der Waals surface area contributed by atoms with E-state index in [9.17, 15) is 8.78 Å². The highest BCUT2D eigenvalue weighted by Gasteiger charge is 2.18. The Balaban J connectivity index is 2.27. The maximum absolute atomic E-state index is 12.5. The molecular formula is C15H15ClF2N2O. The average Bonchev–Trinajstić information content (AvgIpc) is 2.47. The van der Waals surface area contributed by atoms with Crippen LogP contribution in [0, 0.1) is 0 Å². The van der Waals surface area contributed by atoms with Crippen molar-refractivity contribution in [3.8, 4) is 5.75 Å². The third-order valence-corrected chi connectivity index (χ3v) is 3.48. The highest BCUT2D eigenvalue weighted by Crippen LogP contribution is 2.30. The molecule has 0 spiro atoms. The fraction of sp³-hybridized carbons (Fsp3) is 0.267. The number of aromatic nitrogens is 1. The number of likely N-dealkylation sites (N-methyl/N-ethyl adjacent to an activating group) is 1. The normalized spacial score (nSPS) is 12.4. The summed E-state index contributed by atoms with van der Waals surface area (Å²) in [5, 5.41) is 3.65. The Hall–Kier alpha value is -1.72. The molecule has 1 heterocycles. The fourth-order valence-corrected chi connectivity index (χ4v) is 2.33. The standard InChI is InChI=1S/C15H15ClF2N2O/c1-19-13(8-10-6-7-20-9-12(10)16)11-4-2-3-5-14(11)21-15(17)18/h2-7,9,13,15,19H,8H2,1H3. The van der Waals surface area contributed by atoms with E-state index in [4.69, 9.17) is 11.6 Å². The first-order chi connectivity index (χ1) is 10.1. The van der Waals surface area contributed by atoms with Gasteiger partial charge in [-0.3, -0.25) is 4.98 Å². The molecule has 1 unspecified atom stereocenters. The Morgan fingerprint density at radius 2 is 2.05 bits per heavy atom. The maximum Gasteiger partial charge on any atom is 0.387 e. The number of alkyl halides is 2. The molecule has 0 saturated carbocycles. The molecule has 0 aliphatic carbocycles. The summed E-state index contributed by atoms with van der Waals surface area (Å²) in [6.07, 6.45) is 3.75. The summed E-state index contributed by atoms with van der Waals surface area (Å²) in [7, 11) is 1.76. The van der Waals surface area contributed by atoms with Crippen molar-refractivity contribution in [2.24, 2.45) is 0 Å². The number of benzene rings is 1. The van der Waals surface area contributed by atoms with Crippen molar-refractivity contribution in [2.75, 3.05) is 7.05 Å². The van der Waals surface area contributed by atoms with Crippen LogP contribution in [0.1, 0.15) is 17.2 Å². The van der Waals surface area contributed by atoms with E-state index in [0.717, 1.165) is 5.56 Å². The zero-order valence-electron chi connectivity index (χ0n) is 11.4. The van der Waals surface area contributed by atoms with Crippen LogP contribution in [0.25, 0.3) is 0 Å². The molecule has 1 aromatic carbocycles. The second kappa shape index (κ2) is 7.33. The van der Waals surface area contributed by atoms with Gasteiger partial charge in [0.1, 0.15) is 5.75 Å². The van der Waals surface area contributed by atoms with Crippen molar-refractivity contribution in [1.82, 2.24) is 10.3 Å². The lowest BCUT2D eigenvalue weighted by Gasteiger charge is -2.20. The second-order valence-electron chi connectivity index (χ2n) is 4.43. The van der Waals surface area contributed by atoms with Gasteiger partial charge in [-0.05, 0) is 31.2 Å². The lowest BCUT2D eigenvalue weighted by molar-refractivity contribution is -0.0507. The van der Waals surface area contributed by atoms with Gasteiger partial charge in [-0.15, -0.1) is 0 Å². The van der Waals surface area contributed by atoms with E-state index in [-0.39, 0.29) is 11.8 Å². The molecule has 1 atom stereocenters. The van der Waals surface area contributed by atoms with Crippen LogP contribution in [0.3, 0.4) is 0 Å². The number of hydrogen-bond donors (Lipinski definition) is 1. The average molecular weight is 313 g/mol. The number of rotatable bonds is 6. The van der Waals surface area contributed by atoms with Crippen LogP contribution in [0.15, 0.2) is 42.7 Å². The van der Waals surface area contributed by atoms with Crippen LogP contribution in [0.5, 0.6) is 5.75 Å². The topological polar surface area (TPSA) is 34.2 Å². The molecule has 0 saturated heterocycles. The van der Waals surface area contributed by atoms with E-state index in [1.54, 1.807) is 37.6 Å². The van der Waals surface area contributed by atoms with Gasteiger partial charge in [0.2, 0.25) is 0 Å². The summed E-state index contributed by atoms with van der Waals surface area (Å²) in [6.45, 7) is -2.85. The Bertz CT molecular complexity index is 595. The van der Waals surface area contributed by atoms with E-state index >= 15 is 0 Å². The molecule has 0 amide bonds. The Kier molecular flexibility index (Phi) is 5.47.